The van der Waals surface area contributed by atoms with Crippen LogP contribution in [0.1, 0.15) is 131 Å². The first-order valence-corrected chi connectivity index (χ1v) is 17.6. The lowest BCUT2D eigenvalue weighted by molar-refractivity contribution is -0.206. The van der Waals surface area contributed by atoms with Gasteiger partial charge in [-0.15, -0.1) is 0 Å². The van der Waals surface area contributed by atoms with Crippen molar-refractivity contribution in [2.75, 3.05) is 6.61 Å². The normalized spacial score (nSPS) is 12.0. The fourth-order valence-corrected chi connectivity index (χ4v) is 5.30. The van der Waals surface area contributed by atoms with Crippen molar-refractivity contribution >= 4 is 11.9 Å². The van der Waals surface area contributed by atoms with Crippen LogP contribution in [0.2, 0.25) is 0 Å². The molecule has 0 spiro atoms. The number of pyridine rings is 1. The quantitative estimate of drug-likeness (QED) is 0.0453. The van der Waals surface area contributed by atoms with E-state index in [-0.39, 0.29) is 18.4 Å². The molecular formula is C39H49F4NO5. The van der Waals surface area contributed by atoms with Crippen molar-refractivity contribution in [2.45, 2.75) is 122 Å². The number of halogens is 4. The molecule has 1 unspecified atom stereocenters. The van der Waals surface area contributed by atoms with Crippen LogP contribution < -0.4 is 9.47 Å². The molecule has 0 saturated heterocycles. The molecule has 3 aromatic rings. The molecule has 2 aromatic carbocycles. The number of aromatic nitrogens is 1. The summed E-state index contributed by atoms with van der Waals surface area (Å²) in [6.45, 7) is 4.93. The summed E-state index contributed by atoms with van der Waals surface area (Å²) in [7, 11) is 0. The maximum Gasteiger partial charge on any atom is 0.425 e. The van der Waals surface area contributed by atoms with Gasteiger partial charge in [-0.1, -0.05) is 90.9 Å². The van der Waals surface area contributed by atoms with Gasteiger partial charge in [-0.25, -0.2) is 14.0 Å². The second kappa shape index (κ2) is 21.2. The summed E-state index contributed by atoms with van der Waals surface area (Å²) < 4.78 is 71.0. The minimum atomic E-state index is -4.75. The lowest BCUT2D eigenvalue weighted by atomic mass is 10.1. The predicted octanol–water partition coefficient (Wildman–Crippen LogP) is 11.5. The second-order valence-electron chi connectivity index (χ2n) is 12.3. The molecule has 6 nitrogen and oxygen atoms in total. The van der Waals surface area contributed by atoms with Crippen LogP contribution in [-0.2, 0) is 4.74 Å². The molecule has 0 radical (unpaired) electrons. The van der Waals surface area contributed by atoms with Gasteiger partial charge in [0.1, 0.15) is 5.75 Å². The summed E-state index contributed by atoms with van der Waals surface area (Å²) in [5, 5.41) is 0. The van der Waals surface area contributed by atoms with E-state index in [4.69, 9.17) is 14.2 Å². The van der Waals surface area contributed by atoms with Gasteiger partial charge < -0.3 is 14.2 Å². The lowest BCUT2D eigenvalue weighted by Gasteiger charge is -2.20. The zero-order valence-electron chi connectivity index (χ0n) is 28.7. The van der Waals surface area contributed by atoms with Gasteiger partial charge in [0.15, 0.2) is 17.7 Å². The van der Waals surface area contributed by atoms with Crippen molar-refractivity contribution in [1.82, 2.24) is 4.98 Å². The molecule has 0 saturated carbocycles. The Balaban J connectivity index is 1.48. The minimum absolute atomic E-state index is 0.0552. The number of rotatable bonds is 22. The average Bonchev–Trinajstić information content (AvgIpc) is 3.09. The number of hydrogen-bond donors (Lipinski definition) is 0. The monoisotopic (exact) mass is 687 g/mol. The Morgan fingerprint density at radius 1 is 0.714 bits per heavy atom. The number of carbonyl (C=O) groups is 2. The predicted molar refractivity (Wildman–Crippen MR) is 182 cm³/mol. The third-order valence-corrected chi connectivity index (χ3v) is 8.22. The molecule has 0 fully saturated rings. The summed E-state index contributed by atoms with van der Waals surface area (Å²) in [6.07, 6.45) is 8.38. The highest BCUT2D eigenvalue weighted by Crippen LogP contribution is 2.29. The molecule has 1 atom stereocenters. The molecule has 0 aliphatic heterocycles. The van der Waals surface area contributed by atoms with Gasteiger partial charge in [0.25, 0.3) is 0 Å². The molecule has 0 aliphatic rings. The van der Waals surface area contributed by atoms with E-state index in [0.29, 0.717) is 24.8 Å². The van der Waals surface area contributed by atoms with E-state index in [9.17, 15) is 27.2 Å². The smallest absolute Gasteiger partial charge is 0.425 e. The van der Waals surface area contributed by atoms with Gasteiger partial charge in [0, 0.05) is 11.8 Å². The molecule has 1 heterocycles. The van der Waals surface area contributed by atoms with Crippen LogP contribution >= 0.6 is 0 Å². The van der Waals surface area contributed by atoms with Gasteiger partial charge in [-0.2, -0.15) is 13.2 Å². The molecule has 3 rings (SSSR count). The van der Waals surface area contributed by atoms with Crippen LogP contribution in [0.15, 0.2) is 60.8 Å². The number of benzene rings is 2. The molecule has 49 heavy (non-hydrogen) atoms. The first-order chi connectivity index (χ1) is 23.6. The van der Waals surface area contributed by atoms with Crippen molar-refractivity contribution in [3.8, 4) is 22.8 Å². The van der Waals surface area contributed by atoms with E-state index in [1.165, 1.54) is 50.8 Å². The molecule has 268 valence electrons. The number of nitrogens with zero attached hydrogens (tertiary/aromatic N) is 1. The third kappa shape index (κ3) is 14.2. The molecular weight excluding hydrogens is 638 g/mol. The van der Waals surface area contributed by atoms with Crippen molar-refractivity contribution in [3.63, 3.8) is 0 Å². The fraction of sp³-hybridized carbons (Fsp3) is 0.513. The van der Waals surface area contributed by atoms with Crippen LogP contribution in [0.4, 0.5) is 17.6 Å². The maximum atomic E-state index is 14.8. The molecule has 1 aromatic heterocycles. The number of unbranched alkanes of at least 4 members (excludes halogenated alkanes) is 12. The van der Waals surface area contributed by atoms with Gasteiger partial charge in [0.2, 0.25) is 0 Å². The van der Waals surface area contributed by atoms with Crippen LogP contribution in [-0.4, -0.2) is 35.8 Å². The average molecular weight is 688 g/mol. The van der Waals surface area contributed by atoms with Gasteiger partial charge in [0.05, 0.1) is 23.4 Å². The summed E-state index contributed by atoms with van der Waals surface area (Å²) >= 11 is 0. The first-order valence-electron chi connectivity index (χ1n) is 17.6. The number of alkyl halides is 3. The molecule has 0 amide bonds. The van der Waals surface area contributed by atoms with E-state index < -0.39 is 41.3 Å². The van der Waals surface area contributed by atoms with Crippen molar-refractivity contribution in [2.24, 2.45) is 0 Å². The van der Waals surface area contributed by atoms with E-state index in [0.717, 1.165) is 62.0 Å². The summed E-state index contributed by atoms with van der Waals surface area (Å²) in [5.41, 5.74) is 1.05. The molecule has 0 N–H and O–H groups in total. The summed E-state index contributed by atoms with van der Waals surface area (Å²) in [6, 6.07) is 13.3. The van der Waals surface area contributed by atoms with E-state index in [1.807, 2.05) is 31.2 Å². The summed E-state index contributed by atoms with van der Waals surface area (Å²) in [4.78, 5) is 29.5. The topological polar surface area (TPSA) is 74.7 Å². The van der Waals surface area contributed by atoms with Gasteiger partial charge in [-0.05, 0) is 73.9 Å². The summed E-state index contributed by atoms with van der Waals surface area (Å²) in [5.74, 6) is -3.03. The van der Waals surface area contributed by atoms with Crippen LogP contribution in [0.5, 0.6) is 11.5 Å². The van der Waals surface area contributed by atoms with Crippen molar-refractivity contribution < 1.29 is 41.4 Å². The maximum absolute atomic E-state index is 14.8. The highest BCUT2D eigenvalue weighted by molar-refractivity contribution is 5.92. The highest BCUT2D eigenvalue weighted by atomic mass is 19.4. The van der Waals surface area contributed by atoms with Crippen LogP contribution in [0.25, 0.3) is 11.3 Å². The Hall–Kier alpha value is -3.95. The molecule has 10 heteroatoms. The first kappa shape index (κ1) is 39.5. The second-order valence-corrected chi connectivity index (χ2v) is 12.3. The number of carbonyl (C=O) groups excluding carboxylic acids is 2. The standard InChI is InChI=1S/C39H49F4NO5/c1-3-5-7-9-11-12-14-16-26-47-32-22-18-29(19-23-32)34-24-20-31(28-44-34)38(46)48-35-25-21-30(27-33(35)40)37(45)49-36(39(41,42)43)17-15-13-10-8-6-4-2/h18-25,27-28,36H,3-17,26H2,1-2H3. The van der Waals surface area contributed by atoms with E-state index >= 15 is 0 Å². The Morgan fingerprint density at radius 3 is 1.88 bits per heavy atom. The number of esters is 2. The largest absolute Gasteiger partial charge is 0.494 e. The van der Waals surface area contributed by atoms with Crippen molar-refractivity contribution in [3.05, 3.63) is 77.7 Å². The zero-order valence-corrected chi connectivity index (χ0v) is 28.7. The van der Waals surface area contributed by atoms with Gasteiger partial charge in [-0.3, -0.25) is 4.98 Å². The number of ether oxygens (including phenoxy) is 3. The number of hydrogen-bond acceptors (Lipinski definition) is 6. The van der Waals surface area contributed by atoms with E-state index in [2.05, 4.69) is 11.9 Å². The Morgan fingerprint density at radius 2 is 1.31 bits per heavy atom. The molecule has 0 bridgehead atoms. The van der Waals surface area contributed by atoms with Crippen LogP contribution in [0, 0.1) is 5.82 Å². The van der Waals surface area contributed by atoms with Crippen molar-refractivity contribution in [1.29, 1.82) is 0 Å². The third-order valence-electron chi connectivity index (χ3n) is 8.22. The van der Waals surface area contributed by atoms with Gasteiger partial charge >= 0.3 is 18.1 Å². The Labute approximate surface area is 287 Å². The van der Waals surface area contributed by atoms with Crippen LogP contribution in [0.3, 0.4) is 0 Å². The zero-order chi connectivity index (χ0) is 35.5. The fourth-order valence-electron chi connectivity index (χ4n) is 5.30. The lowest BCUT2D eigenvalue weighted by Crippen LogP contribution is -2.34. The molecule has 0 aliphatic carbocycles. The highest BCUT2D eigenvalue weighted by Gasteiger charge is 2.42. The Kier molecular flexibility index (Phi) is 17.1. The van der Waals surface area contributed by atoms with E-state index in [1.54, 1.807) is 6.07 Å². The Bertz CT molecular complexity index is 1410. The SMILES string of the molecule is CCCCCCCCCCOc1ccc(-c2ccc(C(=O)Oc3ccc(C(=O)OC(CCCCCCCC)C(F)(F)F)cc3F)cn2)cc1. The minimum Gasteiger partial charge on any atom is -0.494 e.